The first-order valence-electron chi connectivity index (χ1n) is 28.1. The van der Waals surface area contributed by atoms with Gasteiger partial charge in [-0.2, -0.15) is 0 Å². The van der Waals surface area contributed by atoms with Crippen molar-refractivity contribution in [1.29, 1.82) is 0 Å². The number of anilines is 6. The molecule has 386 valence electrons. The predicted molar refractivity (Wildman–Crippen MR) is 340 cm³/mol. The third kappa shape index (κ3) is 8.38. The molecule has 0 unspecified atom stereocenters. The molecule has 82 heavy (non-hydrogen) atoms. The Balaban J connectivity index is 0.971. The minimum Gasteiger partial charge on any atom is -0.457 e. The number of benzene rings is 13. The number of rotatable bonds is 10. The molecule has 1 heterocycles. The second-order valence-corrected chi connectivity index (χ2v) is 21.2. The topological polar surface area (TPSA) is 15.7 Å². The van der Waals surface area contributed by atoms with Gasteiger partial charge in [-0.25, -0.2) is 0 Å². The van der Waals surface area contributed by atoms with Gasteiger partial charge in [-0.1, -0.05) is 243 Å². The van der Waals surface area contributed by atoms with Crippen LogP contribution < -0.4 is 14.5 Å². The Bertz CT molecular complexity index is 3970. The van der Waals surface area contributed by atoms with Crippen molar-refractivity contribution in [2.45, 2.75) is 5.41 Å². The summed E-state index contributed by atoms with van der Waals surface area (Å²) in [4.78, 5) is 4.79. The van der Waals surface area contributed by atoms with Gasteiger partial charge in [0.25, 0.3) is 0 Å². The van der Waals surface area contributed by atoms with Crippen molar-refractivity contribution in [3.63, 3.8) is 0 Å². The summed E-state index contributed by atoms with van der Waals surface area (Å²) in [6.45, 7) is 0. The minimum atomic E-state index is -0.902. The van der Waals surface area contributed by atoms with Crippen LogP contribution in [0, 0.1) is 0 Å². The summed E-state index contributed by atoms with van der Waals surface area (Å²) in [7, 11) is 0. The summed E-state index contributed by atoms with van der Waals surface area (Å²) in [6, 6.07) is 119. The van der Waals surface area contributed by atoms with Gasteiger partial charge in [0.05, 0.1) is 5.41 Å². The zero-order chi connectivity index (χ0) is 54.4. The molecular formula is C79H54N2O. The van der Waals surface area contributed by atoms with Crippen LogP contribution in [0.2, 0.25) is 0 Å². The van der Waals surface area contributed by atoms with Crippen LogP contribution in [0.25, 0.3) is 66.8 Å². The second-order valence-electron chi connectivity index (χ2n) is 21.2. The fourth-order valence-electron chi connectivity index (χ4n) is 12.7. The van der Waals surface area contributed by atoms with E-state index in [1.807, 2.05) is 0 Å². The van der Waals surface area contributed by atoms with E-state index in [0.29, 0.717) is 0 Å². The highest BCUT2D eigenvalue weighted by atomic mass is 16.5. The first kappa shape index (κ1) is 48.4. The molecule has 1 aliphatic heterocycles. The molecule has 0 fully saturated rings. The Hall–Kier alpha value is -10.7. The van der Waals surface area contributed by atoms with Gasteiger partial charge < -0.3 is 14.5 Å². The van der Waals surface area contributed by atoms with Gasteiger partial charge in [0.1, 0.15) is 11.5 Å². The molecule has 0 N–H and O–H groups in total. The van der Waals surface area contributed by atoms with Crippen molar-refractivity contribution in [2.24, 2.45) is 0 Å². The fourth-order valence-corrected chi connectivity index (χ4v) is 12.7. The number of hydrogen-bond donors (Lipinski definition) is 0. The lowest BCUT2D eigenvalue weighted by Crippen LogP contribution is -2.35. The molecule has 2 aliphatic rings. The monoisotopic (exact) mass is 1050 g/mol. The SMILES string of the molecule is c1ccc(-c2ccc(N(c3ccc(-c4ccccc4)cc3)c3ccc4c(c3)C3(c5cc(N(c6ccc(-c7ccccc7)cc6)c6ccc(-c7ccccc7)cc6)ccc5O4)c4ccccc4-c4ccccc4-c4ccccc43)cc2)cc1. The van der Waals surface area contributed by atoms with Crippen LogP contribution in [0.1, 0.15) is 22.3 Å². The van der Waals surface area contributed by atoms with E-state index in [1.165, 1.54) is 55.6 Å². The number of ether oxygens (including phenoxy) is 1. The lowest BCUT2D eigenvalue weighted by molar-refractivity contribution is 0.435. The average molecular weight is 1050 g/mol. The Morgan fingerprint density at radius 1 is 0.195 bits per heavy atom. The summed E-state index contributed by atoms with van der Waals surface area (Å²) >= 11 is 0. The van der Waals surface area contributed by atoms with Gasteiger partial charge in [0, 0.05) is 45.3 Å². The minimum absolute atomic E-state index is 0.809. The molecule has 1 aliphatic carbocycles. The first-order chi connectivity index (χ1) is 40.7. The smallest absolute Gasteiger partial charge is 0.132 e. The van der Waals surface area contributed by atoms with Gasteiger partial charge in [-0.15, -0.1) is 0 Å². The molecule has 13 aromatic rings. The Morgan fingerprint density at radius 3 is 0.744 bits per heavy atom. The molecule has 3 nitrogen and oxygen atoms in total. The second kappa shape index (κ2) is 20.5. The maximum absolute atomic E-state index is 7.37. The quantitative estimate of drug-likeness (QED) is 0.136. The molecular weight excluding hydrogens is 993 g/mol. The maximum atomic E-state index is 7.37. The van der Waals surface area contributed by atoms with Crippen LogP contribution in [0.3, 0.4) is 0 Å². The average Bonchev–Trinajstić information content (AvgIpc) is 3.71. The molecule has 0 aromatic heterocycles. The molecule has 3 heteroatoms. The van der Waals surface area contributed by atoms with Crippen molar-refractivity contribution < 1.29 is 4.74 Å². The zero-order valence-corrected chi connectivity index (χ0v) is 45.0. The van der Waals surface area contributed by atoms with Gasteiger partial charge in [0.2, 0.25) is 0 Å². The Kier molecular flexibility index (Phi) is 12.1. The van der Waals surface area contributed by atoms with E-state index >= 15 is 0 Å². The Morgan fingerprint density at radius 2 is 0.439 bits per heavy atom. The molecule has 13 aromatic carbocycles. The third-order valence-electron chi connectivity index (χ3n) is 16.6. The molecule has 15 rings (SSSR count). The van der Waals surface area contributed by atoms with Crippen LogP contribution in [-0.2, 0) is 5.41 Å². The molecule has 0 radical (unpaired) electrons. The molecule has 1 spiro atoms. The van der Waals surface area contributed by atoms with E-state index < -0.39 is 5.41 Å². The standard InChI is InChI=1S/C79H54N2O/c1-5-19-55(20-6-1)59-33-41-63(42-34-59)80(64-43-35-60(36-44-64)56-21-7-2-8-22-56)67-49-51-77-75(53-67)79(73-31-17-15-29-71(73)69-27-13-14-28-70(69)72-30-16-18-32-74(72)79)76-54-68(50-52-78(76)82-77)81(65-45-37-61(38-46-65)57-23-9-3-10-24-57)66-47-39-62(40-48-66)58-25-11-4-12-26-58/h1-54H. The third-order valence-corrected chi connectivity index (χ3v) is 16.6. The molecule has 0 saturated carbocycles. The molecule has 0 saturated heterocycles. The summed E-state index contributed by atoms with van der Waals surface area (Å²) in [5, 5.41) is 0. The van der Waals surface area contributed by atoms with Crippen LogP contribution in [0.15, 0.2) is 328 Å². The molecule has 0 bridgehead atoms. The van der Waals surface area contributed by atoms with E-state index in [9.17, 15) is 0 Å². The van der Waals surface area contributed by atoms with Gasteiger partial charge in [0.15, 0.2) is 0 Å². The highest BCUT2D eigenvalue weighted by molar-refractivity contribution is 5.95. The van der Waals surface area contributed by atoms with Crippen molar-refractivity contribution in [2.75, 3.05) is 9.80 Å². The highest BCUT2D eigenvalue weighted by Crippen LogP contribution is 2.62. The van der Waals surface area contributed by atoms with E-state index in [-0.39, 0.29) is 0 Å². The normalized spacial score (nSPS) is 12.3. The van der Waals surface area contributed by atoms with Crippen LogP contribution >= 0.6 is 0 Å². The zero-order valence-electron chi connectivity index (χ0n) is 45.0. The summed E-state index contributed by atoms with van der Waals surface area (Å²) in [5.74, 6) is 1.62. The largest absolute Gasteiger partial charge is 0.457 e. The predicted octanol–water partition coefficient (Wildman–Crippen LogP) is 21.4. The van der Waals surface area contributed by atoms with Crippen LogP contribution in [0.4, 0.5) is 34.1 Å². The van der Waals surface area contributed by atoms with Crippen LogP contribution in [-0.4, -0.2) is 0 Å². The van der Waals surface area contributed by atoms with Crippen molar-refractivity contribution in [1.82, 2.24) is 0 Å². The Labute approximate surface area is 479 Å². The lowest BCUT2D eigenvalue weighted by atomic mass is 9.62. The van der Waals surface area contributed by atoms with E-state index in [1.54, 1.807) is 0 Å². The maximum Gasteiger partial charge on any atom is 0.132 e. The summed E-state index contributed by atoms with van der Waals surface area (Å²) < 4.78 is 7.37. The highest BCUT2D eigenvalue weighted by Gasteiger charge is 2.50. The molecule has 0 amide bonds. The van der Waals surface area contributed by atoms with Crippen molar-refractivity contribution in [3.8, 4) is 78.3 Å². The molecule has 0 atom stereocenters. The van der Waals surface area contributed by atoms with E-state index in [0.717, 1.165) is 79.0 Å². The van der Waals surface area contributed by atoms with Crippen LogP contribution in [0.5, 0.6) is 11.5 Å². The van der Waals surface area contributed by atoms with Gasteiger partial charge >= 0.3 is 0 Å². The van der Waals surface area contributed by atoms with Gasteiger partial charge in [-0.05, 0) is 163 Å². The van der Waals surface area contributed by atoms with E-state index in [2.05, 4.69) is 337 Å². The number of nitrogens with zero attached hydrogens (tertiary/aromatic N) is 2. The van der Waals surface area contributed by atoms with Gasteiger partial charge in [-0.3, -0.25) is 0 Å². The lowest BCUT2D eigenvalue weighted by Gasteiger charge is -2.43. The number of fused-ring (bicyclic) bond motifs is 11. The summed E-state index contributed by atoms with van der Waals surface area (Å²) in [6.07, 6.45) is 0. The van der Waals surface area contributed by atoms with Crippen molar-refractivity contribution in [3.05, 3.63) is 350 Å². The summed E-state index contributed by atoms with van der Waals surface area (Å²) in [5.41, 5.74) is 23.9. The van der Waals surface area contributed by atoms with Crippen molar-refractivity contribution >= 4 is 34.1 Å². The first-order valence-corrected chi connectivity index (χ1v) is 28.1. The fraction of sp³-hybridized carbons (Fsp3) is 0.0127. The van der Waals surface area contributed by atoms with E-state index in [4.69, 9.17) is 4.74 Å². The number of hydrogen-bond acceptors (Lipinski definition) is 3.